The molecule has 0 saturated heterocycles. The van der Waals surface area contributed by atoms with Crippen LogP contribution in [0.4, 0.5) is 0 Å². The summed E-state index contributed by atoms with van der Waals surface area (Å²) in [6.45, 7) is 0. The second-order valence-corrected chi connectivity index (χ2v) is 3.22. The first-order valence-corrected chi connectivity index (χ1v) is 4.52. The minimum absolute atomic E-state index is 0.0660. The van der Waals surface area contributed by atoms with Crippen LogP contribution in [0.5, 0.6) is 0 Å². The molecule has 12 heavy (non-hydrogen) atoms. The first kappa shape index (κ1) is 9.23. The summed E-state index contributed by atoms with van der Waals surface area (Å²) in [5.74, 6) is -0.797. The van der Waals surface area contributed by atoms with Crippen LogP contribution in [0.2, 0.25) is 0 Å². The van der Waals surface area contributed by atoms with Crippen molar-refractivity contribution >= 4 is 12.2 Å². The molecular weight excluding hydrogens is 154 g/mol. The highest BCUT2D eigenvalue weighted by Crippen LogP contribution is 2.19. The highest BCUT2D eigenvalue weighted by Gasteiger charge is 2.10. The van der Waals surface area contributed by atoms with Crippen LogP contribution in [0.25, 0.3) is 0 Å². The van der Waals surface area contributed by atoms with Gasteiger partial charge in [0.2, 0.25) is 0 Å². The average molecular weight is 169 g/mol. The maximum atomic E-state index is 10.1. The zero-order chi connectivity index (χ0) is 8.81. The van der Waals surface area contributed by atoms with E-state index in [9.17, 15) is 4.79 Å². The number of carboxylic acids is 1. The van der Waals surface area contributed by atoms with Gasteiger partial charge >= 0.3 is 5.97 Å². The third-order valence-electron chi connectivity index (χ3n) is 2.16. The topological polar surface area (TPSA) is 49.7 Å². The molecule has 0 aliphatic heterocycles. The Balaban J connectivity index is 2.19. The van der Waals surface area contributed by atoms with Crippen LogP contribution < -0.4 is 0 Å². The van der Waals surface area contributed by atoms with E-state index in [2.05, 4.69) is 4.99 Å². The van der Waals surface area contributed by atoms with E-state index in [4.69, 9.17) is 5.11 Å². The van der Waals surface area contributed by atoms with Gasteiger partial charge in [-0.3, -0.25) is 9.79 Å². The van der Waals surface area contributed by atoms with Gasteiger partial charge in [0.15, 0.2) is 0 Å². The molecule has 3 heteroatoms. The summed E-state index contributed by atoms with van der Waals surface area (Å²) in [7, 11) is 0. The molecule has 1 aliphatic rings. The lowest BCUT2D eigenvalue weighted by Gasteiger charge is -2.16. The maximum Gasteiger partial charge on any atom is 0.308 e. The summed E-state index contributed by atoms with van der Waals surface area (Å²) < 4.78 is 0. The van der Waals surface area contributed by atoms with Gasteiger partial charge in [-0.2, -0.15) is 0 Å². The van der Waals surface area contributed by atoms with Crippen LogP contribution in [-0.4, -0.2) is 23.3 Å². The predicted molar refractivity (Wildman–Crippen MR) is 47.6 cm³/mol. The summed E-state index contributed by atoms with van der Waals surface area (Å²) in [6.07, 6.45) is 7.68. The highest BCUT2D eigenvalue weighted by molar-refractivity contribution is 5.84. The molecule has 0 atom stereocenters. The molecule has 0 heterocycles. The molecule has 1 N–H and O–H groups in total. The zero-order valence-electron chi connectivity index (χ0n) is 7.20. The minimum atomic E-state index is -0.797. The van der Waals surface area contributed by atoms with E-state index in [-0.39, 0.29) is 6.42 Å². The van der Waals surface area contributed by atoms with E-state index < -0.39 is 5.97 Å². The van der Waals surface area contributed by atoms with E-state index >= 15 is 0 Å². The zero-order valence-corrected chi connectivity index (χ0v) is 7.20. The molecule has 3 nitrogen and oxygen atoms in total. The van der Waals surface area contributed by atoms with Gasteiger partial charge in [-0.05, 0) is 12.8 Å². The summed E-state index contributed by atoms with van der Waals surface area (Å²) in [4.78, 5) is 14.4. The molecule has 0 aromatic heterocycles. The number of carbonyl (C=O) groups is 1. The van der Waals surface area contributed by atoms with Gasteiger partial charge < -0.3 is 5.11 Å². The second kappa shape index (κ2) is 4.91. The monoisotopic (exact) mass is 169 g/mol. The number of hydrogen-bond acceptors (Lipinski definition) is 2. The van der Waals surface area contributed by atoms with E-state index in [1.165, 1.54) is 19.3 Å². The maximum absolute atomic E-state index is 10.1. The molecule has 0 spiro atoms. The van der Waals surface area contributed by atoms with E-state index in [0.717, 1.165) is 12.8 Å². The van der Waals surface area contributed by atoms with Gasteiger partial charge in [0, 0.05) is 12.3 Å². The molecule has 1 rings (SSSR count). The van der Waals surface area contributed by atoms with Crippen LogP contribution in [0.15, 0.2) is 4.99 Å². The fraction of sp³-hybridized carbons (Fsp3) is 0.778. The number of carboxylic acid groups (broad SMARTS) is 1. The van der Waals surface area contributed by atoms with Crippen LogP contribution in [0.3, 0.4) is 0 Å². The normalized spacial score (nSPS) is 20.0. The van der Waals surface area contributed by atoms with Gasteiger partial charge in [-0.25, -0.2) is 0 Å². The molecule has 1 saturated carbocycles. The Morgan fingerprint density at radius 1 is 1.42 bits per heavy atom. The Labute approximate surface area is 72.5 Å². The van der Waals surface area contributed by atoms with Gasteiger partial charge in [0.05, 0.1) is 6.42 Å². The van der Waals surface area contributed by atoms with Gasteiger partial charge in [0.1, 0.15) is 0 Å². The fourth-order valence-corrected chi connectivity index (χ4v) is 1.51. The lowest BCUT2D eigenvalue weighted by molar-refractivity contribution is -0.135. The van der Waals surface area contributed by atoms with Crippen molar-refractivity contribution in [3.05, 3.63) is 0 Å². The van der Waals surface area contributed by atoms with Crippen molar-refractivity contribution < 1.29 is 9.90 Å². The molecule has 1 fully saturated rings. The summed E-state index contributed by atoms with van der Waals surface area (Å²) in [6, 6.07) is 0.401. The number of rotatable bonds is 3. The Morgan fingerprint density at radius 3 is 2.67 bits per heavy atom. The first-order valence-electron chi connectivity index (χ1n) is 4.52. The Morgan fingerprint density at radius 2 is 2.08 bits per heavy atom. The van der Waals surface area contributed by atoms with E-state index in [0.29, 0.717) is 6.04 Å². The van der Waals surface area contributed by atoms with Crippen molar-refractivity contribution in [3.8, 4) is 0 Å². The second-order valence-electron chi connectivity index (χ2n) is 3.22. The largest absolute Gasteiger partial charge is 0.481 e. The molecule has 68 valence electrons. The molecule has 0 aromatic rings. The van der Waals surface area contributed by atoms with Crippen molar-refractivity contribution in [2.24, 2.45) is 4.99 Å². The molecule has 0 amide bonds. The molecule has 0 radical (unpaired) electrons. The Hall–Kier alpha value is -0.860. The minimum Gasteiger partial charge on any atom is -0.481 e. The number of nitrogens with zero attached hydrogens (tertiary/aromatic N) is 1. The van der Waals surface area contributed by atoms with Crippen molar-refractivity contribution in [1.29, 1.82) is 0 Å². The smallest absolute Gasteiger partial charge is 0.308 e. The standard InChI is InChI=1S/C9H15NO2/c11-9(12)6-7-10-8-4-2-1-3-5-8/h7-8H,1-6H2,(H,11,12). The van der Waals surface area contributed by atoms with Crippen LogP contribution >= 0.6 is 0 Å². The van der Waals surface area contributed by atoms with Crippen LogP contribution in [0, 0.1) is 0 Å². The Kier molecular flexibility index (Phi) is 3.77. The SMILES string of the molecule is O=C(O)CC=NC1CCCCC1. The van der Waals surface area contributed by atoms with Crippen molar-refractivity contribution in [2.45, 2.75) is 44.6 Å². The molecule has 1 aliphatic carbocycles. The van der Waals surface area contributed by atoms with Crippen LogP contribution in [-0.2, 0) is 4.79 Å². The first-order chi connectivity index (χ1) is 5.79. The number of hydrogen-bond donors (Lipinski definition) is 1. The lowest BCUT2D eigenvalue weighted by atomic mass is 9.96. The van der Waals surface area contributed by atoms with E-state index in [1.54, 1.807) is 6.21 Å². The van der Waals surface area contributed by atoms with Crippen molar-refractivity contribution in [1.82, 2.24) is 0 Å². The molecule has 0 aromatic carbocycles. The lowest BCUT2D eigenvalue weighted by Crippen LogP contribution is -2.10. The van der Waals surface area contributed by atoms with Gasteiger partial charge in [-0.15, -0.1) is 0 Å². The van der Waals surface area contributed by atoms with Gasteiger partial charge in [0.25, 0.3) is 0 Å². The molecule has 0 bridgehead atoms. The summed E-state index contributed by atoms with van der Waals surface area (Å²) >= 11 is 0. The van der Waals surface area contributed by atoms with E-state index in [1.807, 2.05) is 0 Å². The summed E-state index contributed by atoms with van der Waals surface area (Å²) in [5.41, 5.74) is 0. The highest BCUT2D eigenvalue weighted by atomic mass is 16.4. The van der Waals surface area contributed by atoms with Crippen molar-refractivity contribution in [2.75, 3.05) is 0 Å². The number of aliphatic imine (C=N–C) groups is 1. The van der Waals surface area contributed by atoms with Gasteiger partial charge in [-0.1, -0.05) is 19.3 Å². The molecule has 0 unspecified atom stereocenters. The number of aliphatic carboxylic acids is 1. The summed E-state index contributed by atoms with van der Waals surface area (Å²) in [5, 5.41) is 8.35. The van der Waals surface area contributed by atoms with Crippen molar-refractivity contribution in [3.63, 3.8) is 0 Å². The predicted octanol–water partition coefficient (Wildman–Crippen LogP) is 1.86. The third-order valence-corrected chi connectivity index (χ3v) is 2.16. The average Bonchev–Trinajstić information content (AvgIpc) is 2.05. The Bertz CT molecular complexity index is 171. The van der Waals surface area contributed by atoms with Crippen LogP contribution in [0.1, 0.15) is 38.5 Å². The fourth-order valence-electron chi connectivity index (χ4n) is 1.51. The quantitative estimate of drug-likeness (QED) is 0.655. The molecular formula is C9H15NO2. The third kappa shape index (κ3) is 3.51.